The van der Waals surface area contributed by atoms with E-state index in [1.807, 2.05) is 24.1 Å². The van der Waals surface area contributed by atoms with E-state index in [2.05, 4.69) is 39.9 Å². The fourth-order valence-corrected chi connectivity index (χ4v) is 2.53. The Morgan fingerprint density at radius 1 is 1.10 bits per heavy atom. The van der Waals surface area contributed by atoms with Crippen LogP contribution in [-0.2, 0) is 6.54 Å². The molecule has 0 spiro atoms. The molecule has 0 aliphatic rings. The van der Waals surface area contributed by atoms with E-state index < -0.39 is 0 Å². The Balaban J connectivity index is 2.68. The number of hydrogen-bond acceptors (Lipinski definition) is 2. The number of nitrogens with one attached hydrogen (secondary N) is 1. The van der Waals surface area contributed by atoms with E-state index in [4.69, 9.17) is 0 Å². The molecule has 1 aromatic carbocycles. The molecule has 0 bridgehead atoms. The van der Waals surface area contributed by atoms with Crippen LogP contribution in [-0.4, -0.2) is 19.6 Å². The van der Waals surface area contributed by atoms with Crippen molar-refractivity contribution in [1.82, 2.24) is 5.32 Å². The van der Waals surface area contributed by atoms with Crippen molar-refractivity contribution in [2.45, 2.75) is 53.6 Å². The van der Waals surface area contributed by atoms with Crippen molar-refractivity contribution < 1.29 is 4.39 Å². The van der Waals surface area contributed by atoms with Crippen LogP contribution in [0.25, 0.3) is 0 Å². The number of hydrogen-bond donors (Lipinski definition) is 1. The first-order valence-corrected chi connectivity index (χ1v) is 8.03. The van der Waals surface area contributed by atoms with Gasteiger partial charge in [-0.1, -0.05) is 33.8 Å². The number of rotatable bonds is 8. The van der Waals surface area contributed by atoms with Gasteiger partial charge in [0.05, 0.1) is 5.69 Å². The minimum atomic E-state index is -0.128. The van der Waals surface area contributed by atoms with Crippen molar-refractivity contribution in [1.29, 1.82) is 0 Å². The van der Waals surface area contributed by atoms with Gasteiger partial charge in [0.15, 0.2) is 0 Å². The zero-order valence-electron chi connectivity index (χ0n) is 14.4. The minimum absolute atomic E-state index is 0.128. The van der Waals surface area contributed by atoms with E-state index in [0.29, 0.717) is 23.6 Å². The van der Waals surface area contributed by atoms with Crippen LogP contribution in [0.4, 0.5) is 10.1 Å². The highest BCUT2D eigenvalue weighted by Gasteiger charge is 2.15. The molecule has 3 heteroatoms. The Kier molecular flexibility index (Phi) is 7.16. The largest absolute Gasteiger partial charge is 0.370 e. The second-order valence-corrected chi connectivity index (χ2v) is 6.90. The lowest BCUT2D eigenvalue weighted by molar-refractivity contribution is 0.497. The molecule has 0 aliphatic heterocycles. The number of halogens is 1. The van der Waals surface area contributed by atoms with Crippen molar-refractivity contribution >= 4 is 5.69 Å². The van der Waals surface area contributed by atoms with Gasteiger partial charge in [-0.15, -0.1) is 0 Å². The van der Waals surface area contributed by atoms with Crippen LogP contribution in [0.5, 0.6) is 0 Å². The van der Waals surface area contributed by atoms with E-state index >= 15 is 0 Å². The van der Waals surface area contributed by atoms with Crippen LogP contribution in [0.1, 0.15) is 46.6 Å². The summed E-state index contributed by atoms with van der Waals surface area (Å²) in [4.78, 5) is 2.04. The van der Waals surface area contributed by atoms with E-state index in [1.54, 1.807) is 6.07 Å². The van der Waals surface area contributed by atoms with Crippen molar-refractivity contribution in [3.63, 3.8) is 0 Å². The Morgan fingerprint density at radius 2 is 1.76 bits per heavy atom. The van der Waals surface area contributed by atoms with Gasteiger partial charge in [0.2, 0.25) is 0 Å². The van der Waals surface area contributed by atoms with Crippen LogP contribution >= 0.6 is 0 Å². The Hall–Kier alpha value is -1.09. The number of nitrogens with zero attached hydrogens (tertiary/aromatic N) is 1. The lowest BCUT2D eigenvalue weighted by atomic mass is 10.0. The third kappa shape index (κ3) is 6.04. The highest BCUT2D eigenvalue weighted by molar-refractivity contribution is 5.49. The second kappa shape index (κ2) is 8.38. The Bertz CT molecular complexity index is 429. The highest BCUT2D eigenvalue weighted by atomic mass is 19.1. The van der Waals surface area contributed by atoms with Crippen molar-refractivity contribution in [2.24, 2.45) is 11.8 Å². The summed E-state index contributed by atoms with van der Waals surface area (Å²) in [5.41, 5.74) is 1.69. The molecular weight excluding hydrogens is 263 g/mol. The Labute approximate surface area is 129 Å². The predicted molar refractivity (Wildman–Crippen MR) is 90.3 cm³/mol. The normalized spacial score (nSPS) is 13.0. The summed E-state index contributed by atoms with van der Waals surface area (Å²) in [7, 11) is 1.97. The standard InChI is InChI=1S/C18H31FN2/c1-13(2)9-15(5)21(6)18-8-7-16(10-17(18)19)12-20-11-14(3)4/h7-8,10,13-15,20H,9,11-12H2,1-6H3. The fraction of sp³-hybridized carbons (Fsp3) is 0.667. The first-order chi connectivity index (χ1) is 9.81. The van der Waals surface area contributed by atoms with Crippen molar-refractivity contribution in [3.05, 3.63) is 29.6 Å². The zero-order valence-corrected chi connectivity index (χ0v) is 14.4. The summed E-state index contributed by atoms with van der Waals surface area (Å²) < 4.78 is 14.3. The fourth-order valence-electron chi connectivity index (χ4n) is 2.53. The van der Waals surface area contributed by atoms with Crippen LogP contribution in [0, 0.1) is 17.7 Å². The molecule has 0 aromatic heterocycles. The van der Waals surface area contributed by atoms with Gasteiger partial charge in [-0.2, -0.15) is 0 Å². The van der Waals surface area contributed by atoms with Crippen molar-refractivity contribution in [2.75, 3.05) is 18.5 Å². The lowest BCUT2D eigenvalue weighted by Gasteiger charge is -2.29. The predicted octanol–water partition coefficient (Wildman–Crippen LogP) is 4.44. The third-order valence-electron chi connectivity index (χ3n) is 3.75. The smallest absolute Gasteiger partial charge is 0.146 e. The molecule has 0 saturated carbocycles. The number of anilines is 1. The molecule has 2 nitrogen and oxygen atoms in total. The molecule has 21 heavy (non-hydrogen) atoms. The summed E-state index contributed by atoms with van der Waals surface area (Å²) in [6, 6.07) is 5.91. The molecule has 1 atom stereocenters. The average molecular weight is 294 g/mol. The topological polar surface area (TPSA) is 15.3 Å². The zero-order chi connectivity index (χ0) is 16.0. The number of benzene rings is 1. The van der Waals surface area contributed by atoms with Gasteiger partial charge >= 0.3 is 0 Å². The van der Waals surface area contributed by atoms with Crippen LogP contribution in [0.15, 0.2) is 18.2 Å². The third-order valence-corrected chi connectivity index (χ3v) is 3.75. The summed E-state index contributed by atoms with van der Waals surface area (Å²) in [6.07, 6.45) is 1.06. The molecule has 1 N–H and O–H groups in total. The first-order valence-electron chi connectivity index (χ1n) is 8.03. The summed E-state index contributed by atoms with van der Waals surface area (Å²) in [5.74, 6) is 1.10. The highest BCUT2D eigenvalue weighted by Crippen LogP contribution is 2.23. The maximum Gasteiger partial charge on any atom is 0.146 e. The molecule has 120 valence electrons. The molecule has 1 rings (SSSR count). The average Bonchev–Trinajstić information content (AvgIpc) is 2.37. The van der Waals surface area contributed by atoms with E-state index in [1.165, 1.54) is 0 Å². The van der Waals surface area contributed by atoms with E-state index in [0.717, 1.165) is 25.1 Å². The first kappa shape index (κ1) is 18.0. The summed E-state index contributed by atoms with van der Waals surface area (Å²) in [5, 5.41) is 3.35. The van der Waals surface area contributed by atoms with E-state index in [-0.39, 0.29) is 5.82 Å². The molecule has 0 heterocycles. The van der Waals surface area contributed by atoms with Crippen LogP contribution in [0.3, 0.4) is 0 Å². The minimum Gasteiger partial charge on any atom is -0.370 e. The van der Waals surface area contributed by atoms with Crippen LogP contribution < -0.4 is 10.2 Å². The Morgan fingerprint density at radius 3 is 2.29 bits per heavy atom. The lowest BCUT2D eigenvalue weighted by Crippen LogP contribution is -2.30. The molecule has 1 aromatic rings. The molecule has 0 fully saturated rings. The second-order valence-electron chi connectivity index (χ2n) is 6.90. The maximum atomic E-state index is 14.3. The monoisotopic (exact) mass is 294 g/mol. The molecular formula is C18H31FN2. The molecule has 0 aliphatic carbocycles. The van der Waals surface area contributed by atoms with Gasteiger partial charge in [0.1, 0.15) is 5.82 Å². The quantitative estimate of drug-likeness (QED) is 0.762. The van der Waals surface area contributed by atoms with Gasteiger partial charge in [-0.25, -0.2) is 4.39 Å². The molecule has 0 amide bonds. The van der Waals surface area contributed by atoms with E-state index in [9.17, 15) is 4.39 Å². The van der Waals surface area contributed by atoms with Gasteiger partial charge in [-0.3, -0.25) is 0 Å². The van der Waals surface area contributed by atoms with Crippen molar-refractivity contribution in [3.8, 4) is 0 Å². The van der Waals surface area contributed by atoms with Gasteiger partial charge in [0, 0.05) is 19.6 Å². The molecule has 0 radical (unpaired) electrons. The molecule has 0 saturated heterocycles. The maximum absolute atomic E-state index is 14.3. The SMILES string of the molecule is CC(C)CNCc1ccc(N(C)C(C)CC(C)C)c(F)c1. The summed E-state index contributed by atoms with van der Waals surface area (Å²) >= 11 is 0. The van der Waals surface area contributed by atoms with Crippen LogP contribution in [0.2, 0.25) is 0 Å². The van der Waals surface area contributed by atoms with Gasteiger partial charge < -0.3 is 10.2 Å². The van der Waals surface area contributed by atoms with Gasteiger partial charge in [0.25, 0.3) is 0 Å². The summed E-state index contributed by atoms with van der Waals surface area (Å²) in [6.45, 7) is 12.6. The van der Waals surface area contributed by atoms with Gasteiger partial charge in [-0.05, 0) is 49.4 Å². The molecule has 1 unspecified atom stereocenters.